The van der Waals surface area contributed by atoms with Crippen LogP contribution in [0.5, 0.6) is 5.75 Å². The van der Waals surface area contributed by atoms with Crippen molar-refractivity contribution in [2.45, 2.75) is 13.8 Å². The van der Waals surface area contributed by atoms with Crippen molar-refractivity contribution in [2.75, 3.05) is 6.61 Å². The van der Waals surface area contributed by atoms with E-state index >= 15 is 0 Å². The van der Waals surface area contributed by atoms with Crippen molar-refractivity contribution in [2.24, 2.45) is 0 Å². The Labute approximate surface area is 90.8 Å². The Kier molecular flexibility index (Phi) is 3.52. The van der Waals surface area contributed by atoms with Gasteiger partial charge in [-0.1, -0.05) is 15.9 Å². The van der Waals surface area contributed by atoms with Gasteiger partial charge in [-0.15, -0.1) is 0 Å². The standard InChI is InChI=1S/C10H11BrO3/c1-3-14-10(13)7-4-6(2)8(11)5-9(7)12/h4-5,12H,3H2,1-2H3. The molecule has 0 aliphatic rings. The van der Waals surface area contributed by atoms with Crippen LogP contribution < -0.4 is 0 Å². The summed E-state index contributed by atoms with van der Waals surface area (Å²) < 4.78 is 5.56. The number of esters is 1. The third kappa shape index (κ3) is 2.26. The minimum Gasteiger partial charge on any atom is -0.507 e. The van der Waals surface area contributed by atoms with Crippen LogP contribution in [-0.2, 0) is 4.74 Å². The van der Waals surface area contributed by atoms with E-state index in [1.54, 1.807) is 13.0 Å². The Hall–Kier alpha value is -1.03. The number of benzene rings is 1. The fourth-order valence-corrected chi connectivity index (χ4v) is 1.37. The molecule has 0 radical (unpaired) electrons. The van der Waals surface area contributed by atoms with E-state index in [2.05, 4.69) is 15.9 Å². The maximum atomic E-state index is 11.3. The molecule has 0 heterocycles. The summed E-state index contributed by atoms with van der Waals surface area (Å²) in [6.45, 7) is 3.86. The first-order valence-electron chi connectivity index (χ1n) is 4.22. The Morgan fingerprint density at radius 2 is 2.21 bits per heavy atom. The van der Waals surface area contributed by atoms with Crippen molar-refractivity contribution < 1.29 is 14.6 Å². The van der Waals surface area contributed by atoms with E-state index in [0.29, 0.717) is 6.61 Å². The number of aryl methyl sites for hydroxylation is 1. The molecule has 0 amide bonds. The highest BCUT2D eigenvalue weighted by atomic mass is 79.9. The van der Waals surface area contributed by atoms with E-state index in [0.717, 1.165) is 10.0 Å². The highest BCUT2D eigenvalue weighted by molar-refractivity contribution is 9.10. The number of halogens is 1. The van der Waals surface area contributed by atoms with Crippen LogP contribution in [0.2, 0.25) is 0 Å². The smallest absolute Gasteiger partial charge is 0.341 e. The van der Waals surface area contributed by atoms with Crippen molar-refractivity contribution in [1.82, 2.24) is 0 Å². The fourth-order valence-electron chi connectivity index (χ4n) is 1.04. The van der Waals surface area contributed by atoms with Crippen LogP contribution in [0.1, 0.15) is 22.8 Å². The van der Waals surface area contributed by atoms with Crippen molar-refractivity contribution in [3.63, 3.8) is 0 Å². The number of hydrogen-bond donors (Lipinski definition) is 1. The monoisotopic (exact) mass is 258 g/mol. The van der Waals surface area contributed by atoms with Gasteiger partial charge in [-0.3, -0.25) is 0 Å². The van der Waals surface area contributed by atoms with Crippen LogP contribution in [0.3, 0.4) is 0 Å². The van der Waals surface area contributed by atoms with E-state index in [9.17, 15) is 9.90 Å². The van der Waals surface area contributed by atoms with Crippen LogP contribution in [0, 0.1) is 6.92 Å². The molecule has 76 valence electrons. The molecule has 0 spiro atoms. The molecule has 0 saturated heterocycles. The molecule has 0 atom stereocenters. The average molecular weight is 259 g/mol. The third-order valence-electron chi connectivity index (χ3n) is 1.77. The zero-order valence-corrected chi connectivity index (χ0v) is 9.59. The van der Waals surface area contributed by atoms with Crippen LogP contribution >= 0.6 is 15.9 Å². The molecule has 1 aromatic rings. The Bertz CT molecular complexity index is 361. The lowest BCUT2D eigenvalue weighted by Crippen LogP contribution is -2.05. The largest absolute Gasteiger partial charge is 0.507 e. The van der Waals surface area contributed by atoms with Gasteiger partial charge in [0.2, 0.25) is 0 Å². The van der Waals surface area contributed by atoms with E-state index in [1.807, 2.05) is 6.92 Å². The van der Waals surface area contributed by atoms with Crippen molar-refractivity contribution in [1.29, 1.82) is 0 Å². The molecule has 3 nitrogen and oxygen atoms in total. The molecule has 0 aromatic heterocycles. The van der Waals surface area contributed by atoms with Gasteiger partial charge in [-0.2, -0.15) is 0 Å². The van der Waals surface area contributed by atoms with Gasteiger partial charge in [-0.05, 0) is 31.5 Å². The van der Waals surface area contributed by atoms with Crippen molar-refractivity contribution >= 4 is 21.9 Å². The van der Waals surface area contributed by atoms with Gasteiger partial charge < -0.3 is 9.84 Å². The predicted octanol–water partition coefficient (Wildman–Crippen LogP) is 2.64. The first-order chi connectivity index (χ1) is 6.56. The molecule has 0 aliphatic carbocycles. The summed E-state index contributed by atoms with van der Waals surface area (Å²) in [4.78, 5) is 11.3. The van der Waals surface area contributed by atoms with Crippen LogP contribution in [0.25, 0.3) is 0 Å². The van der Waals surface area contributed by atoms with Gasteiger partial charge >= 0.3 is 5.97 Å². The van der Waals surface area contributed by atoms with E-state index in [-0.39, 0.29) is 11.3 Å². The lowest BCUT2D eigenvalue weighted by Gasteiger charge is -2.06. The Morgan fingerprint density at radius 3 is 2.79 bits per heavy atom. The van der Waals surface area contributed by atoms with Gasteiger partial charge in [0.1, 0.15) is 11.3 Å². The number of aromatic hydroxyl groups is 1. The maximum absolute atomic E-state index is 11.3. The van der Waals surface area contributed by atoms with Gasteiger partial charge in [0.25, 0.3) is 0 Å². The Balaban J connectivity index is 3.09. The lowest BCUT2D eigenvalue weighted by molar-refractivity contribution is 0.0523. The molecule has 1 N–H and O–H groups in total. The van der Waals surface area contributed by atoms with Crippen LogP contribution in [0.15, 0.2) is 16.6 Å². The number of phenolic OH excluding ortho intramolecular Hbond substituents is 1. The first-order valence-corrected chi connectivity index (χ1v) is 5.01. The number of rotatable bonds is 2. The summed E-state index contributed by atoms with van der Waals surface area (Å²) in [5.74, 6) is -0.568. The summed E-state index contributed by atoms with van der Waals surface area (Å²) in [5.41, 5.74) is 1.08. The summed E-state index contributed by atoms with van der Waals surface area (Å²) in [5, 5.41) is 9.48. The zero-order chi connectivity index (χ0) is 10.7. The van der Waals surface area contributed by atoms with Gasteiger partial charge in [0, 0.05) is 4.47 Å². The lowest BCUT2D eigenvalue weighted by atomic mass is 10.1. The molecule has 4 heteroatoms. The minimum atomic E-state index is -0.499. The predicted molar refractivity (Wildman–Crippen MR) is 56.5 cm³/mol. The number of hydrogen-bond acceptors (Lipinski definition) is 3. The second-order valence-corrected chi connectivity index (χ2v) is 3.69. The summed E-state index contributed by atoms with van der Waals surface area (Å²) in [6, 6.07) is 3.08. The molecule has 0 aliphatic heterocycles. The van der Waals surface area contributed by atoms with E-state index < -0.39 is 5.97 Å². The second-order valence-electron chi connectivity index (χ2n) is 2.84. The first kappa shape index (κ1) is 11.0. The SMILES string of the molecule is CCOC(=O)c1cc(C)c(Br)cc1O. The van der Waals surface area contributed by atoms with E-state index in [1.165, 1.54) is 6.07 Å². The van der Waals surface area contributed by atoms with Gasteiger partial charge in [0.15, 0.2) is 0 Å². The van der Waals surface area contributed by atoms with Crippen LogP contribution in [0.4, 0.5) is 0 Å². The number of carbonyl (C=O) groups excluding carboxylic acids is 1. The summed E-state index contributed by atoms with van der Waals surface area (Å²) in [6.07, 6.45) is 0. The number of ether oxygens (including phenoxy) is 1. The molecule has 0 bridgehead atoms. The minimum absolute atomic E-state index is 0.0686. The number of carbonyl (C=O) groups is 1. The molecule has 0 unspecified atom stereocenters. The normalized spacial score (nSPS) is 9.93. The van der Waals surface area contributed by atoms with Gasteiger partial charge in [0.05, 0.1) is 6.61 Å². The maximum Gasteiger partial charge on any atom is 0.341 e. The van der Waals surface area contributed by atoms with E-state index in [4.69, 9.17) is 4.74 Å². The molecule has 1 aromatic carbocycles. The second kappa shape index (κ2) is 4.46. The van der Waals surface area contributed by atoms with Crippen molar-refractivity contribution in [3.8, 4) is 5.75 Å². The molecule has 0 saturated carbocycles. The third-order valence-corrected chi connectivity index (χ3v) is 2.63. The summed E-state index contributed by atoms with van der Waals surface area (Å²) in [7, 11) is 0. The van der Waals surface area contributed by atoms with Gasteiger partial charge in [-0.25, -0.2) is 4.79 Å². The molecule has 14 heavy (non-hydrogen) atoms. The zero-order valence-electron chi connectivity index (χ0n) is 8.00. The summed E-state index contributed by atoms with van der Waals surface area (Å²) >= 11 is 3.26. The average Bonchev–Trinajstić information content (AvgIpc) is 2.11. The highest BCUT2D eigenvalue weighted by Gasteiger charge is 2.13. The Morgan fingerprint density at radius 1 is 1.57 bits per heavy atom. The quantitative estimate of drug-likeness (QED) is 0.830. The molecular weight excluding hydrogens is 248 g/mol. The molecular formula is C10H11BrO3. The highest BCUT2D eigenvalue weighted by Crippen LogP contribution is 2.26. The van der Waals surface area contributed by atoms with Crippen LogP contribution in [-0.4, -0.2) is 17.7 Å². The van der Waals surface area contributed by atoms with Crippen molar-refractivity contribution in [3.05, 3.63) is 27.7 Å². The molecule has 1 rings (SSSR count). The number of phenols is 1. The fraction of sp³-hybridized carbons (Fsp3) is 0.300. The molecule has 0 fully saturated rings. The topological polar surface area (TPSA) is 46.5 Å².